The highest BCUT2D eigenvalue weighted by Gasteiger charge is 2.57. The summed E-state index contributed by atoms with van der Waals surface area (Å²) in [6, 6.07) is 47.3. The Kier molecular flexibility index (Phi) is 7.09. The molecule has 2 nitrogen and oxygen atoms in total. The fourth-order valence-electron chi connectivity index (χ4n) is 11.5. The van der Waals surface area contributed by atoms with E-state index in [1.165, 1.54) is 92.5 Å². The minimum Gasteiger partial charge on any atom is -0.455 e. The largest absolute Gasteiger partial charge is 0.455 e. The molecule has 1 saturated carbocycles. The van der Waals surface area contributed by atoms with Crippen LogP contribution in [0.15, 0.2) is 162 Å². The van der Waals surface area contributed by atoms with Gasteiger partial charge >= 0.3 is 0 Å². The molecule has 7 aromatic rings. The van der Waals surface area contributed by atoms with Gasteiger partial charge in [0.1, 0.15) is 11.2 Å². The molecule has 1 aliphatic heterocycles. The third-order valence-corrected chi connectivity index (χ3v) is 14.2. The van der Waals surface area contributed by atoms with Gasteiger partial charge in [-0.25, -0.2) is 0 Å². The lowest BCUT2D eigenvalue weighted by Crippen LogP contribution is -2.54. The number of para-hydroxylation sites is 2. The Balaban J connectivity index is 1.09. The average Bonchev–Trinajstić information content (AvgIpc) is 3.90. The van der Waals surface area contributed by atoms with Crippen LogP contribution in [0, 0.1) is 0 Å². The summed E-state index contributed by atoms with van der Waals surface area (Å²) in [6.07, 6.45) is 15.8. The van der Waals surface area contributed by atoms with Gasteiger partial charge in [0, 0.05) is 33.1 Å². The van der Waals surface area contributed by atoms with Gasteiger partial charge in [-0.05, 0) is 113 Å². The molecular formula is C54H45NO. The maximum Gasteiger partial charge on any atom is 0.143 e. The standard InChI is InChI=1S/C54H45NO/c1-5-6-20-42-35(2)49-46(54(42)43-21-10-7-17-39(43)40-18-8-11-22-44(40)54)34-37(51-50(49)41-19-9-14-25-48(41)56-51)29-26-36-27-30-38(31-28-36)55-47-24-13-12-23-45(47)52(3)32-15-16-33-53(52,55)4/h5-14,17-31,34H,1,15-16,32-33H2,2-4H3/b20-6-,29-26+. The summed E-state index contributed by atoms with van der Waals surface area (Å²) in [5.74, 6) is 0. The van der Waals surface area contributed by atoms with Gasteiger partial charge in [-0.3, -0.25) is 0 Å². The third-order valence-electron chi connectivity index (χ3n) is 14.2. The van der Waals surface area contributed by atoms with Crippen molar-refractivity contribution in [2.24, 2.45) is 0 Å². The molecule has 1 aromatic heterocycles. The molecule has 6 aromatic carbocycles. The SMILES string of the molecule is C=C/C=C\C1=C(C)c2c(cc(/C=C/c3ccc(N4c5ccccc5C5(C)CCCCC45C)cc3)c3oc4ccccc4c23)C12c1ccccc1-c1ccccc12. The number of furan rings is 1. The minimum atomic E-state index is -0.474. The van der Waals surface area contributed by atoms with Crippen LogP contribution in [-0.4, -0.2) is 5.54 Å². The first-order chi connectivity index (χ1) is 27.4. The molecule has 4 aliphatic rings. The van der Waals surface area contributed by atoms with Crippen LogP contribution in [0.4, 0.5) is 11.4 Å². The Morgan fingerprint density at radius 2 is 1.34 bits per heavy atom. The van der Waals surface area contributed by atoms with Crippen LogP contribution in [0.25, 0.3) is 50.8 Å². The lowest BCUT2D eigenvalue weighted by molar-refractivity contribution is 0.195. The summed E-state index contributed by atoms with van der Waals surface area (Å²) >= 11 is 0. The van der Waals surface area contributed by atoms with E-state index in [1.54, 1.807) is 0 Å². The van der Waals surface area contributed by atoms with E-state index in [9.17, 15) is 0 Å². The van der Waals surface area contributed by atoms with E-state index >= 15 is 0 Å². The molecule has 2 atom stereocenters. The molecule has 2 unspecified atom stereocenters. The molecule has 1 spiro atoms. The highest BCUT2D eigenvalue weighted by Crippen LogP contribution is 2.64. The van der Waals surface area contributed by atoms with Gasteiger partial charge < -0.3 is 9.32 Å². The van der Waals surface area contributed by atoms with Gasteiger partial charge in [0.2, 0.25) is 0 Å². The Bertz CT molecular complexity index is 2830. The summed E-state index contributed by atoms with van der Waals surface area (Å²) in [5.41, 5.74) is 18.3. The molecule has 3 aliphatic carbocycles. The maximum atomic E-state index is 6.83. The number of fused-ring (bicyclic) bond motifs is 14. The van der Waals surface area contributed by atoms with Crippen LogP contribution in [0.1, 0.15) is 85.4 Å². The van der Waals surface area contributed by atoms with Crippen LogP contribution in [0.2, 0.25) is 0 Å². The molecule has 0 bridgehead atoms. The topological polar surface area (TPSA) is 16.4 Å². The van der Waals surface area contributed by atoms with E-state index in [1.807, 2.05) is 6.08 Å². The monoisotopic (exact) mass is 723 g/mol. The highest BCUT2D eigenvalue weighted by atomic mass is 16.3. The third kappa shape index (κ3) is 4.17. The van der Waals surface area contributed by atoms with Crippen molar-refractivity contribution in [2.75, 3.05) is 4.90 Å². The van der Waals surface area contributed by atoms with Crippen LogP contribution in [-0.2, 0) is 10.8 Å². The maximum absolute atomic E-state index is 6.83. The van der Waals surface area contributed by atoms with Crippen LogP contribution >= 0.6 is 0 Å². The van der Waals surface area contributed by atoms with Crippen molar-refractivity contribution in [1.29, 1.82) is 0 Å². The molecule has 0 N–H and O–H groups in total. The number of hydrogen-bond donors (Lipinski definition) is 0. The first-order valence-electron chi connectivity index (χ1n) is 20.3. The van der Waals surface area contributed by atoms with Crippen molar-refractivity contribution in [3.63, 3.8) is 0 Å². The van der Waals surface area contributed by atoms with Gasteiger partial charge in [-0.2, -0.15) is 0 Å². The minimum absolute atomic E-state index is 0.0446. The van der Waals surface area contributed by atoms with Gasteiger partial charge in [0.05, 0.1) is 11.0 Å². The number of nitrogens with zero attached hydrogens (tertiary/aromatic N) is 1. The van der Waals surface area contributed by atoms with Crippen molar-refractivity contribution in [2.45, 2.75) is 62.8 Å². The number of anilines is 2. The van der Waals surface area contributed by atoms with Crippen LogP contribution in [0.3, 0.4) is 0 Å². The second kappa shape index (κ2) is 11.9. The van der Waals surface area contributed by atoms with E-state index in [2.05, 4.69) is 184 Å². The first-order valence-corrected chi connectivity index (χ1v) is 20.3. The summed E-state index contributed by atoms with van der Waals surface area (Å²) in [6.45, 7) is 11.4. The summed E-state index contributed by atoms with van der Waals surface area (Å²) in [5, 5.41) is 2.33. The number of benzene rings is 6. The van der Waals surface area contributed by atoms with E-state index in [0.717, 1.165) is 27.7 Å². The highest BCUT2D eigenvalue weighted by molar-refractivity contribution is 6.16. The van der Waals surface area contributed by atoms with E-state index in [4.69, 9.17) is 4.42 Å². The molecule has 272 valence electrons. The normalized spacial score (nSPS) is 21.7. The second-order valence-corrected chi connectivity index (χ2v) is 16.8. The van der Waals surface area contributed by atoms with E-state index in [0.29, 0.717) is 0 Å². The van der Waals surface area contributed by atoms with Crippen molar-refractivity contribution < 1.29 is 4.42 Å². The molecule has 2 heteroatoms. The predicted molar refractivity (Wildman–Crippen MR) is 236 cm³/mol. The zero-order valence-electron chi connectivity index (χ0n) is 32.4. The number of allylic oxidation sites excluding steroid dienone is 5. The molecular weight excluding hydrogens is 679 g/mol. The van der Waals surface area contributed by atoms with E-state index < -0.39 is 5.41 Å². The molecule has 11 rings (SSSR count). The molecule has 56 heavy (non-hydrogen) atoms. The lowest BCUT2D eigenvalue weighted by Gasteiger charge is -2.50. The zero-order valence-corrected chi connectivity index (χ0v) is 32.4. The Morgan fingerprint density at radius 1 is 0.679 bits per heavy atom. The fraction of sp³-hybridized carbons (Fsp3) is 0.185. The van der Waals surface area contributed by atoms with Gasteiger partial charge in [-0.1, -0.05) is 154 Å². The smallest absolute Gasteiger partial charge is 0.143 e. The molecule has 1 fully saturated rings. The first kappa shape index (κ1) is 33.2. The zero-order chi connectivity index (χ0) is 37.8. The van der Waals surface area contributed by atoms with Gasteiger partial charge in [-0.15, -0.1) is 0 Å². The molecule has 0 radical (unpaired) electrons. The van der Waals surface area contributed by atoms with Gasteiger partial charge in [0.15, 0.2) is 0 Å². The summed E-state index contributed by atoms with van der Waals surface area (Å²) < 4.78 is 6.83. The molecule has 0 amide bonds. The van der Waals surface area contributed by atoms with Crippen molar-refractivity contribution >= 4 is 51.0 Å². The molecule has 0 saturated heterocycles. The van der Waals surface area contributed by atoms with Crippen LogP contribution in [0.5, 0.6) is 0 Å². The van der Waals surface area contributed by atoms with Crippen LogP contribution < -0.4 is 4.90 Å². The molecule has 2 heterocycles. The van der Waals surface area contributed by atoms with Gasteiger partial charge in [0.25, 0.3) is 0 Å². The Labute approximate surface area is 329 Å². The fourth-order valence-corrected chi connectivity index (χ4v) is 11.5. The average molecular weight is 724 g/mol. The number of rotatable bonds is 5. The van der Waals surface area contributed by atoms with Crippen molar-refractivity contribution in [3.8, 4) is 11.1 Å². The quantitative estimate of drug-likeness (QED) is 0.130. The predicted octanol–water partition coefficient (Wildman–Crippen LogP) is 14.3. The Hall–Kier alpha value is -6.12. The number of hydrogen-bond acceptors (Lipinski definition) is 2. The Morgan fingerprint density at radius 3 is 2.09 bits per heavy atom. The second-order valence-electron chi connectivity index (χ2n) is 16.8. The van der Waals surface area contributed by atoms with Crippen molar-refractivity contribution in [3.05, 3.63) is 197 Å². The summed E-state index contributed by atoms with van der Waals surface area (Å²) in [4.78, 5) is 2.65. The lowest BCUT2D eigenvalue weighted by atomic mass is 9.61. The summed E-state index contributed by atoms with van der Waals surface area (Å²) in [7, 11) is 0. The van der Waals surface area contributed by atoms with E-state index in [-0.39, 0.29) is 11.0 Å². The van der Waals surface area contributed by atoms with Crippen molar-refractivity contribution in [1.82, 2.24) is 0 Å².